The van der Waals surface area contributed by atoms with Crippen molar-refractivity contribution in [2.45, 2.75) is 5.41 Å². The smallest absolute Gasteiger partial charge is 0.155 e. The second-order valence-corrected chi connectivity index (χ2v) is 10.1. The Labute approximate surface area is 214 Å². The van der Waals surface area contributed by atoms with E-state index in [1.54, 1.807) is 0 Å². The van der Waals surface area contributed by atoms with Gasteiger partial charge >= 0.3 is 0 Å². The molecule has 0 radical (unpaired) electrons. The zero-order valence-corrected chi connectivity index (χ0v) is 20.0. The molecule has 37 heavy (non-hydrogen) atoms. The quantitative estimate of drug-likeness (QED) is 0.238. The summed E-state index contributed by atoms with van der Waals surface area (Å²) in [6.45, 7) is 0. The molecule has 0 saturated heterocycles. The fraction of sp³-hybridized carbons (Fsp3) is 0.0286. The summed E-state index contributed by atoms with van der Waals surface area (Å²) in [6, 6.07) is 44.0. The molecule has 6 aromatic carbocycles. The van der Waals surface area contributed by atoms with Gasteiger partial charge in [0.15, 0.2) is 5.75 Å². The Morgan fingerprint density at radius 1 is 0.432 bits per heavy atom. The summed E-state index contributed by atoms with van der Waals surface area (Å²) in [7, 11) is 0. The Balaban J connectivity index is 1.56. The molecular weight excluding hydrogens is 450 g/mol. The third kappa shape index (κ3) is 2.23. The van der Waals surface area contributed by atoms with E-state index in [1.165, 1.54) is 49.9 Å². The van der Waals surface area contributed by atoms with E-state index in [0.717, 1.165) is 28.3 Å². The molecule has 1 spiro atoms. The van der Waals surface area contributed by atoms with Crippen molar-refractivity contribution in [1.82, 2.24) is 0 Å². The second kappa shape index (κ2) is 6.68. The fourth-order valence-corrected chi connectivity index (χ4v) is 7.05. The lowest BCUT2D eigenvalue weighted by atomic mass is 9.65. The van der Waals surface area contributed by atoms with Crippen molar-refractivity contribution in [2.75, 3.05) is 5.32 Å². The van der Waals surface area contributed by atoms with Crippen LogP contribution < -0.4 is 10.1 Å². The number of fused-ring (bicyclic) bond motifs is 9. The van der Waals surface area contributed by atoms with Crippen molar-refractivity contribution < 1.29 is 4.74 Å². The predicted molar refractivity (Wildman–Crippen MR) is 150 cm³/mol. The van der Waals surface area contributed by atoms with Gasteiger partial charge in [-0.15, -0.1) is 0 Å². The average molecular weight is 472 g/mol. The second-order valence-electron chi connectivity index (χ2n) is 10.1. The standard InChI is InChI=1S/C35H21NO/c1-4-14-26-22(10-1)23-11-2-5-15-27(23)35(26)28-16-8-18-31-33(28)37-34-29(35)20-19-21-9-7-13-25(32(21)34)24-12-3-6-17-30(24)36-31/h1-20,36H. The first-order valence-corrected chi connectivity index (χ1v) is 12.8. The van der Waals surface area contributed by atoms with Crippen LogP contribution >= 0.6 is 0 Å². The molecule has 2 nitrogen and oxygen atoms in total. The number of hydrogen-bond acceptors (Lipinski definition) is 2. The number of ether oxygens (including phenoxy) is 1. The molecule has 1 N–H and O–H groups in total. The van der Waals surface area contributed by atoms with E-state index in [4.69, 9.17) is 4.74 Å². The SMILES string of the molecule is c1ccc2c(c1)Nc1cccc3c1Oc1c(ccc4cccc-2c14)C31c2ccccc2-c2ccccc21. The zero-order chi connectivity index (χ0) is 24.1. The van der Waals surface area contributed by atoms with Gasteiger partial charge in [-0.25, -0.2) is 0 Å². The van der Waals surface area contributed by atoms with Crippen LogP contribution in [-0.4, -0.2) is 0 Å². The number of hydrogen-bond donors (Lipinski definition) is 1. The summed E-state index contributed by atoms with van der Waals surface area (Å²) in [6.07, 6.45) is 0. The van der Waals surface area contributed by atoms with E-state index in [0.29, 0.717) is 0 Å². The molecule has 172 valence electrons. The number of nitrogens with one attached hydrogen (secondary N) is 1. The summed E-state index contributed by atoms with van der Waals surface area (Å²) in [5.74, 6) is 1.86. The van der Waals surface area contributed by atoms with Crippen molar-refractivity contribution in [3.05, 3.63) is 144 Å². The molecule has 2 heterocycles. The highest BCUT2D eigenvalue weighted by Gasteiger charge is 2.52. The molecule has 0 amide bonds. The number of benzene rings is 6. The monoisotopic (exact) mass is 471 g/mol. The van der Waals surface area contributed by atoms with Crippen LogP contribution in [0.25, 0.3) is 33.0 Å². The van der Waals surface area contributed by atoms with Crippen molar-refractivity contribution in [1.29, 1.82) is 0 Å². The summed E-state index contributed by atoms with van der Waals surface area (Å²) in [5.41, 5.74) is 11.6. The maximum atomic E-state index is 7.02. The van der Waals surface area contributed by atoms with Gasteiger partial charge in [0.05, 0.1) is 11.1 Å². The fourth-order valence-electron chi connectivity index (χ4n) is 7.05. The minimum Gasteiger partial charge on any atom is -0.454 e. The van der Waals surface area contributed by atoms with Crippen LogP contribution in [0.5, 0.6) is 11.5 Å². The van der Waals surface area contributed by atoms with Crippen molar-refractivity contribution in [3.63, 3.8) is 0 Å². The van der Waals surface area contributed by atoms with Crippen LogP contribution in [0.4, 0.5) is 11.4 Å². The number of para-hydroxylation sites is 2. The third-order valence-corrected chi connectivity index (χ3v) is 8.46. The molecule has 6 aromatic rings. The van der Waals surface area contributed by atoms with Crippen LogP contribution in [0.3, 0.4) is 0 Å². The van der Waals surface area contributed by atoms with Crippen LogP contribution in [0.1, 0.15) is 22.3 Å². The van der Waals surface area contributed by atoms with E-state index >= 15 is 0 Å². The minimum absolute atomic E-state index is 0.467. The van der Waals surface area contributed by atoms with E-state index in [9.17, 15) is 0 Å². The van der Waals surface area contributed by atoms with E-state index in [1.807, 2.05) is 0 Å². The molecule has 0 aromatic heterocycles. The van der Waals surface area contributed by atoms with Gasteiger partial charge < -0.3 is 10.1 Å². The topological polar surface area (TPSA) is 21.3 Å². The molecule has 0 saturated carbocycles. The first-order valence-electron chi connectivity index (χ1n) is 12.8. The van der Waals surface area contributed by atoms with Gasteiger partial charge in [-0.2, -0.15) is 0 Å². The first-order chi connectivity index (χ1) is 18.4. The highest BCUT2D eigenvalue weighted by atomic mass is 16.5. The zero-order valence-electron chi connectivity index (χ0n) is 20.0. The van der Waals surface area contributed by atoms with Crippen LogP contribution in [-0.2, 0) is 5.41 Å². The molecular formula is C35H21NO. The van der Waals surface area contributed by atoms with Crippen molar-refractivity contribution in [3.8, 4) is 33.8 Å². The highest BCUT2D eigenvalue weighted by Crippen LogP contribution is 2.64. The van der Waals surface area contributed by atoms with E-state index in [-0.39, 0.29) is 0 Å². The van der Waals surface area contributed by atoms with Gasteiger partial charge in [-0.1, -0.05) is 109 Å². The molecule has 0 atom stereocenters. The lowest BCUT2D eigenvalue weighted by Gasteiger charge is -2.40. The van der Waals surface area contributed by atoms with Crippen LogP contribution in [0.2, 0.25) is 0 Å². The van der Waals surface area contributed by atoms with Crippen LogP contribution in [0.15, 0.2) is 121 Å². The van der Waals surface area contributed by atoms with E-state index < -0.39 is 5.41 Å². The normalized spacial score (nSPS) is 14.6. The van der Waals surface area contributed by atoms with E-state index in [2.05, 4.69) is 127 Å². The number of anilines is 2. The highest BCUT2D eigenvalue weighted by molar-refractivity contribution is 6.07. The summed E-state index contributed by atoms with van der Waals surface area (Å²) in [4.78, 5) is 0. The van der Waals surface area contributed by atoms with Gasteiger partial charge in [-0.05, 0) is 45.3 Å². The van der Waals surface area contributed by atoms with Gasteiger partial charge in [0.2, 0.25) is 0 Å². The van der Waals surface area contributed by atoms with Crippen molar-refractivity contribution >= 4 is 22.1 Å². The number of rotatable bonds is 0. The molecule has 9 rings (SSSR count). The third-order valence-electron chi connectivity index (χ3n) is 8.46. The molecule has 2 bridgehead atoms. The minimum atomic E-state index is -0.467. The molecule has 0 unspecified atom stereocenters. The van der Waals surface area contributed by atoms with Crippen molar-refractivity contribution in [2.24, 2.45) is 0 Å². The Bertz CT molecular complexity index is 1900. The van der Waals surface area contributed by atoms with Gasteiger partial charge in [0.1, 0.15) is 5.75 Å². The Hall–Kier alpha value is -4.82. The van der Waals surface area contributed by atoms with Crippen LogP contribution in [0, 0.1) is 0 Å². The summed E-state index contributed by atoms with van der Waals surface area (Å²) in [5, 5.41) is 6.11. The Morgan fingerprint density at radius 3 is 1.84 bits per heavy atom. The molecule has 0 fully saturated rings. The van der Waals surface area contributed by atoms with Gasteiger partial charge in [0.25, 0.3) is 0 Å². The predicted octanol–water partition coefficient (Wildman–Crippen LogP) is 9.03. The first kappa shape index (κ1) is 19.4. The molecule has 3 aliphatic rings. The average Bonchev–Trinajstić information content (AvgIpc) is 3.27. The Morgan fingerprint density at radius 2 is 1.03 bits per heavy atom. The largest absolute Gasteiger partial charge is 0.454 e. The van der Waals surface area contributed by atoms with Gasteiger partial charge in [0, 0.05) is 27.8 Å². The lowest BCUT2D eigenvalue weighted by molar-refractivity contribution is 0.444. The summed E-state index contributed by atoms with van der Waals surface area (Å²) >= 11 is 0. The molecule has 1 aliphatic carbocycles. The molecule has 2 heteroatoms. The summed E-state index contributed by atoms with van der Waals surface area (Å²) < 4.78 is 7.02. The van der Waals surface area contributed by atoms with Gasteiger partial charge in [-0.3, -0.25) is 0 Å². The lowest BCUT2D eigenvalue weighted by Crippen LogP contribution is -2.32. The Kier molecular flexibility index (Phi) is 3.50. The maximum Gasteiger partial charge on any atom is 0.155 e. The molecule has 2 aliphatic heterocycles. The maximum absolute atomic E-state index is 7.02.